The molecule has 2 aromatic heterocycles. The molecule has 1 unspecified atom stereocenters. The van der Waals surface area contributed by atoms with Gasteiger partial charge in [0.2, 0.25) is 0 Å². The highest BCUT2D eigenvalue weighted by Crippen LogP contribution is 2.42. The Balaban J connectivity index is 1.59. The van der Waals surface area contributed by atoms with Crippen LogP contribution in [0.3, 0.4) is 0 Å². The second-order valence-corrected chi connectivity index (χ2v) is 9.21. The molecule has 1 saturated carbocycles. The molecule has 2 fully saturated rings. The first kappa shape index (κ1) is 16.5. The number of sulfone groups is 1. The number of aromatic nitrogens is 3. The van der Waals surface area contributed by atoms with Gasteiger partial charge in [0.25, 0.3) is 5.91 Å². The van der Waals surface area contributed by atoms with E-state index in [0.717, 1.165) is 18.5 Å². The van der Waals surface area contributed by atoms with Gasteiger partial charge in [0.1, 0.15) is 5.82 Å². The van der Waals surface area contributed by atoms with E-state index in [9.17, 15) is 13.2 Å². The summed E-state index contributed by atoms with van der Waals surface area (Å²) in [4.78, 5) is 16.5. The molecule has 1 atom stereocenters. The van der Waals surface area contributed by atoms with Gasteiger partial charge >= 0.3 is 0 Å². The fraction of sp³-hybridized carbons (Fsp3) is 0.438. The molecule has 1 amide bonds. The maximum absolute atomic E-state index is 12.5. The van der Waals surface area contributed by atoms with Gasteiger partial charge < -0.3 is 5.32 Å². The van der Waals surface area contributed by atoms with Crippen molar-refractivity contribution < 1.29 is 13.2 Å². The van der Waals surface area contributed by atoms with Crippen LogP contribution in [-0.4, -0.2) is 40.6 Å². The number of amides is 1. The zero-order valence-electron chi connectivity index (χ0n) is 13.4. The lowest BCUT2D eigenvalue weighted by atomic mass is 10.2. The van der Waals surface area contributed by atoms with E-state index in [-0.39, 0.29) is 29.1 Å². The van der Waals surface area contributed by atoms with Crippen LogP contribution in [0.15, 0.2) is 24.4 Å². The van der Waals surface area contributed by atoms with E-state index in [1.54, 1.807) is 22.9 Å². The van der Waals surface area contributed by atoms with Crippen LogP contribution in [0.5, 0.6) is 0 Å². The summed E-state index contributed by atoms with van der Waals surface area (Å²) < 4.78 is 25.3. The molecule has 0 spiro atoms. The molecule has 2 aromatic rings. The van der Waals surface area contributed by atoms with Crippen LogP contribution in [0.1, 0.15) is 47.4 Å². The molecular weight excluding hydrogens is 364 g/mol. The number of anilines is 1. The fourth-order valence-electron chi connectivity index (χ4n) is 3.09. The third-order valence-corrected chi connectivity index (χ3v) is 6.49. The van der Waals surface area contributed by atoms with E-state index >= 15 is 0 Å². The van der Waals surface area contributed by atoms with Crippen LogP contribution in [0.2, 0.25) is 5.02 Å². The van der Waals surface area contributed by atoms with Gasteiger partial charge in [-0.15, -0.1) is 0 Å². The van der Waals surface area contributed by atoms with Gasteiger partial charge in [-0.25, -0.2) is 13.4 Å². The zero-order chi connectivity index (χ0) is 17.6. The van der Waals surface area contributed by atoms with Gasteiger partial charge in [0.05, 0.1) is 22.6 Å². The average molecular weight is 381 g/mol. The third-order valence-electron chi connectivity index (χ3n) is 4.52. The lowest BCUT2D eigenvalue weighted by Gasteiger charge is -2.12. The maximum Gasteiger partial charge on any atom is 0.277 e. The van der Waals surface area contributed by atoms with Crippen LogP contribution in [0, 0.1) is 0 Å². The van der Waals surface area contributed by atoms with Crippen molar-refractivity contribution in [2.24, 2.45) is 0 Å². The highest BCUT2D eigenvalue weighted by Gasteiger charge is 2.36. The summed E-state index contributed by atoms with van der Waals surface area (Å²) in [6.45, 7) is 0. The molecule has 3 heterocycles. The van der Waals surface area contributed by atoms with Crippen molar-refractivity contribution in [3.63, 3.8) is 0 Å². The fourth-order valence-corrected chi connectivity index (χ4v) is 4.90. The molecule has 4 rings (SSSR count). The van der Waals surface area contributed by atoms with Crippen LogP contribution in [0.4, 0.5) is 5.82 Å². The quantitative estimate of drug-likeness (QED) is 0.879. The number of halogens is 1. The monoisotopic (exact) mass is 380 g/mol. The van der Waals surface area contributed by atoms with Crippen molar-refractivity contribution in [1.82, 2.24) is 14.8 Å². The molecule has 132 valence electrons. The molecule has 0 aromatic carbocycles. The number of carbonyl (C=O) groups is 1. The minimum Gasteiger partial charge on any atom is -0.305 e. The molecule has 0 radical (unpaired) electrons. The minimum atomic E-state index is -3.01. The Hall–Kier alpha value is -1.93. The largest absolute Gasteiger partial charge is 0.305 e. The Bertz CT molecular complexity index is 919. The number of nitrogens with zero attached hydrogens (tertiary/aromatic N) is 3. The highest BCUT2D eigenvalue weighted by molar-refractivity contribution is 7.91. The van der Waals surface area contributed by atoms with E-state index in [2.05, 4.69) is 15.4 Å². The van der Waals surface area contributed by atoms with Gasteiger partial charge in [0, 0.05) is 17.8 Å². The molecule has 7 nitrogen and oxygen atoms in total. The Labute approximate surface area is 150 Å². The van der Waals surface area contributed by atoms with Crippen molar-refractivity contribution in [1.29, 1.82) is 0 Å². The summed E-state index contributed by atoms with van der Waals surface area (Å²) >= 11 is 5.79. The van der Waals surface area contributed by atoms with E-state index in [4.69, 9.17) is 11.6 Å². The lowest BCUT2D eigenvalue weighted by molar-refractivity contribution is 0.102. The van der Waals surface area contributed by atoms with Crippen LogP contribution in [-0.2, 0) is 9.84 Å². The molecule has 1 aliphatic heterocycles. The van der Waals surface area contributed by atoms with Crippen LogP contribution < -0.4 is 5.32 Å². The van der Waals surface area contributed by atoms with Gasteiger partial charge in [-0.1, -0.05) is 11.6 Å². The Kier molecular flexibility index (Phi) is 4.04. The Morgan fingerprint density at radius 3 is 2.68 bits per heavy atom. The van der Waals surface area contributed by atoms with Gasteiger partial charge in [-0.3, -0.25) is 9.48 Å². The summed E-state index contributed by atoms with van der Waals surface area (Å²) in [6.07, 6.45) is 4.09. The number of carbonyl (C=O) groups excluding carboxylic acids is 1. The molecule has 9 heteroatoms. The SMILES string of the molecule is O=C(Nc1ccc(Cl)cn1)c1cc(C2CC2)n(C2CCS(=O)(=O)C2)n1. The smallest absolute Gasteiger partial charge is 0.277 e. The normalized spacial score (nSPS) is 22.0. The van der Waals surface area contributed by atoms with E-state index < -0.39 is 9.84 Å². The molecule has 0 bridgehead atoms. The van der Waals surface area contributed by atoms with Crippen molar-refractivity contribution in [3.8, 4) is 0 Å². The molecule has 1 N–H and O–H groups in total. The number of pyridine rings is 1. The molecule has 1 saturated heterocycles. The summed E-state index contributed by atoms with van der Waals surface area (Å²) in [5, 5.41) is 7.60. The summed E-state index contributed by atoms with van der Waals surface area (Å²) in [7, 11) is -3.01. The second-order valence-electron chi connectivity index (χ2n) is 6.55. The third kappa shape index (κ3) is 3.55. The second kappa shape index (κ2) is 6.10. The minimum absolute atomic E-state index is 0.0915. The van der Waals surface area contributed by atoms with Gasteiger partial charge in [-0.05, 0) is 37.5 Å². The van der Waals surface area contributed by atoms with Crippen molar-refractivity contribution in [3.05, 3.63) is 40.8 Å². The molecule has 1 aliphatic carbocycles. The summed E-state index contributed by atoms with van der Waals surface area (Å²) in [6, 6.07) is 4.84. The first-order valence-electron chi connectivity index (χ1n) is 8.14. The maximum atomic E-state index is 12.5. The number of nitrogens with one attached hydrogen (secondary N) is 1. The number of hydrogen-bond acceptors (Lipinski definition) is 5. The lowest BCUT2D eigenvalue weighted by Crippen LogP contribution is -2.17. The average Bonchev–Trinajstić information content (AvgIpc) is 3.21. The summed E-state index contributed by atoms with van der Waals surface area (Å²) in [5.41, 5.74) is 1.24. The Morgan fingerprint density at radius 2 is 2.08 bits per heavy atom. The number of rotatable bonds is 4. The van der Waals surface area contributed by atoms with Crippen molar-refractivity contribution in [2.45, 2.75) is 31.2 Å². The molecule has 25 heavy (non-hydrogen) atoms. The molecule has 2 aliphatic rings. The zero-order valence-corrected chi connectivity index (χ0v) is 14.9. The van der Waals surface area contributed by atoms with Crippen molar-refractivity contribution in [2.75, 3.05) is 16.8 Å². The van der Waals surface area contributed by atoms with E-state index in [0.29, 0.717) is 23.2 Å². The van der Waals surface area contributed by atoms with Crippen molar-refractivity contribution >= 4 is 33.2 Å². The topological polar surface area (TPSA) is 94.0 Å². The Morgan fingerprint density at radius 1 is 1.28 bits per heavy atom. The number of hydrogen-bond donors (Lipinski definition) is 1. The van der Waals surface area contributed by atoms with Crippen LogP contribution in [0.25, 0.3) is 0 Å². The summed E-state index contributed by atoms with van der Waals surface area (Å²) in [5.74, 6) is 0.661. The predicted octanol–water partition coefficient (Wildman–Crippen LogP) is 2.42. The van der Waals surface area contributed by atoms with Gasteiger partial charge in [-0.2, -0.15) is 5.10 Å². The van der Waals surface area contributed by atoms with Gasteiger partial charge in [0.15, 0.2) is 15.5 Å². The van der Waals surface area contributed by atoms with E-state index in [1.165, 1.54) is 6.20 Å². The highest BCUT2D eigenvalue weighted by atomic mass is 35.5. The first-order chi connectivity index (χ1) is 11.9. The predicted molar refractivity (Wildman–Crippen MR) is 93.7 cm³/mol. The van der Waals surface area contributed by atoms with E-state index in [1.807, 2.05) is 0 Å². The first-order valence-corrected chi connectivity index (χ1v) is 10.3. The standard InChI is InChI=1S/C16H17ClN4O3S/c17-11-3-4-15(18-8-11)19-16(22)13-7-14(10-1-2-10)21(20-13)12-5-6-25(23,24)9-12/h3-4,7-8,10,12H,1-2,5-6,9H2,(H,18,19,22). The van der Waals surface area contributed by atoms with Crippen LogP contribution >= 0.6 is 11.6 Å². The molecular formula is C16H17ClN4O3S.